The Bertz CT molecular complexity index is 907. The van der Waals surface area contributed by atoms with Crippen molar-refractivity contribution in [3.63, 3.8) is 0 Å². The molecular formula is C23H28O8. The Morgan fingerprint density at radius 2 is 1.55 bits per heavy atom. The molecule has 0 N–H and O–H groups in total. The van der Waals surface area contributed by atoms with Crippen molar-refractivity contribution in [2.45, 2.75) is 13.3 Å². The number of rotatable bonds is 12. The van der Waals surface area contributed by atoms with Crippen LogP contribution in [0.2, 0.25) is 0 Å². The molecule has 0 aromatic heterocycles. The number of carbonyl (C=O) groups is 2. The van der Waals surface area contributed by atoms with E-state index in [0.29, 0.717) is 52.3 Å². The molecular weight excluding hydrogens is 404 g/mol. The monoisotopic (exact) mass is 432 g/mol. The summed E-state index contributed by atoms with van der Waals surface area (Å²) in [6.07, 6.45) is 0.413. The van der Waals surface area contributed by atoms with Gasteiger partial charge in [0.15, 0.2) is 19.4 Å². The molecule has 0 aliphatic rings. The van der Waals surface area contributed by atoms with Crippen LogP contribution >= 0.6 is 0 Å². The Kier molecular flexibility index (Phi) is 9.45. The van der Waals surface area contributed by atoms with Gasteiger partial charge in [0.2, 0.25) is 0 Å². The van der Waals surface area contributed by atoms with Crippen molar-refractivity contribution >= 4 is 11.8 Å². The minimum absolute atomic E-state index is 0.0173. The van der Waals surface area contributed by atoms with Gasteiger partial charge in [0.05, 0.1) is 24.8 Å². The second kappa shape index (κ2) is 12.0. The van der Waals surface area contributed by atoms with Crippen LogP contribution in [0.1, 0.15) is 33.2 Å². The smallest absolute Gasteiger partial charge is 0.337 e. The van der Waals surface area contributed by atoms with Crippen LogP contribution in [0, 0.1) is 0 Å². The highest BCUT2D eigenvalue weighted by atomic mass is 16.7. The molecule has 2 rings (SSSR count). The number of Topliss-reactive ketones (excluding diaryl/α,β-unsaturated/α-hetero) is 1. The summed E-state index contributed by atoms with van der Waals surface area (Å²) in [5, 5.41) is 0. The van der Waals surface area contributed by atoms with E-state index in [4.69, 9.17) is 28.4 Å². The first-order valence-electron chi connectivity index (χ1n) is 9.60. The number of ketones is 1. The number of esters is 1. The second-order valence-electron chi connectivity index (χ2n) is 6.57. The summed E-state index contributed by atoms with van der Waals surface area (Å²) in [4.78, 5) is 24.7. The van der Waals surface area contributed by atoms with Crippen molar-refractivity contribution in [1.29, 1.82) is 0 Å². The van der Waals surface area contributed by atoms with Crippen LogP contribution < -0.4 is 9.47 Å². The topological polar surface area (TPSA) is 89.5 Å². The average molecular weight is 432 g/mol. The molecule has 31 heavy (non-hydrogen) atoms. The summed E-state index contributed by atoms with van der Waals surface area (Å²) >= 11 is 0. The van der Waals surface area contributed by atoms with E-state index in [2.05, 4.69) is 0 Å². The zero-order valence-corrected chi connectivity index (χ0v) is 18.5. The first kappa shape index (κ1) is 24.3. The lowest BCUT2D eigenvalue weighted by Gasteiger charge is -2.22. The average Bonchev–Trinajstić information content (AvgIpc) is 2.78. The number of methoxy groups -OCH3 is 4. The van der Waals surface area contributed by atoms with Crippen LogP contribution in [-0.2, 0) is 25.4 Å². The second-order valence-corrected chi connectivity index (χ2v) is 6.57. The van der Waals surface area contributed by atoms with E-state index in [-0.39, 0.29) is 19.4 Å². The van der Waals surface area contributed by atoms with E-state index in [9.17, 15) is 9.59 Å². The molecule has 0 atom stereocenters. The molecule has 0 unspecified atom stereocenters. The molecule has 0 fully saturated rings. The third-order valence-corrected chi connectivity index (χ3v) is 4.50. The van der Waals surface area contributed by atoms with Gasteiger partial charge < -0.3 is 28.4 Å². The standard InChI is InChI=1S/C23H28O8/c1-15(24)21-18(9-10-26-2)22(16-7-6-8-17(11-16)23(25)29-5)20(31-14-28-4)12-19(21)30-13-27-3/h6-8,11-12H,9-10,13-14H2,1-5H3. The van der Waals surface area contributed by atoms with Crippen LogP contribution in [0.15, 0.2) is 30.3 Å². The van der Waals surface area contributed by atoms with Gasteiger partial charge in [-0.3, -0.25) is 4.79 Å². The fourth-order valence-electron chi connectivity index (χ4n) is 3.23. The summed E-state index contributed by atoms with van der Waals surface area (Å²) in [7, 11) is 5.91. The molecule has 2 aromatic rings. The summed E-state index contributed by atoms with van der Waals surface area (Å²) in [6, 6.07) is 8.55. The predicted molar refractivity (Wildman–Crippen MR) is 114 cm³/mol. The molecule has 0 saturated heterocycles. The summed E-state index contributed by atoms with van der Waals surface area (Å²) in [5.41, 5.74) is 2.78. The van der Waals surface area contributed by atoms with E-state index < -0.39 is 5.97 Å². The first-order valence-corrected chi connectivity index (χ1v) is 9.60. The molecule has 8 heteroatoms. The number of carbonyl (C=O) groups excluding carboxylic acids is 2. The number of benzene rings is 2. The Balaban J connectivity index is 2.82. The Morgan fingerprint density at radius 3 is 2.13 bits per heavy atom. The molecule has 0 spiro atoms. The number of ether oxygens (including phenoxy) is 6. The minimum Gasteiger partial charge on any atom is -0.467 e. The van der Waals surface area contributed by atoms with Crippen LogP contribution in [0.3, 0.4) is 0 Å². The number of hydrogen-bond donors (Lipinski definition) is 0. The first-order chi connectivity index (χ1) is 15.0. The SMILES string of the molecule is COCCc1c(C(C)=O)c(OCOC)cc(OCOC)c1-c1cccc(C(=O)OC)c1. The van der Waals surface area contributed by atoms with Crippen molar-refractivity contribution in [3.05, 3.63) is 47.0 Å². The van der Waals surface area contributed by atoms with Crippen molar-refractivity contribution in [2.24, 2.45) is 0 Å². The van der Waals surface area contributed by atoms with Gasteiger partial charge in [0.1, 0.15) is 11.5 Å². The van der Waals surface area contributed by atoms with Crippen LogP contribution in [0.4, 0.5) is 0 Å². The third-order valence-electron chi connectivity index (χ3n) is 4.50. The zero-order chi connectivity index (χ0) is 22.8. The number of hydrogen-bond acceptors (Lipinski definition) is 8. The molecule has 0 heterocycles. The van der Waals surface area contributed by atoms with E-state index in [1.165, 1.54) is 28.3 Å². The minimum atomic E-state index is -0.466. The van der Waals surface area contributed by atoms with E-state index in [0.717, 1.165) is 0 Å². The van der Waals surface area contributed by atoms with Gasteiger partial charge in [-0.25, -0.2) is 4.79 Å². The van der Waals surface area contributed by atoms with Gasteiger partial charge in [-0.15, -0.1) is 0 Å². The molecule has 0 aliphatic heterocycles. The molecule has 168 valence electrons. The summed E-state index contributed by atoms with van der Waals surface area (Å²) in [5.74, 6) is 0.123. The lowest BCUT2D eigenvalue weighted by Crippen LogP contribution is -2.12. The summed E-state index contributed by atoms with van der Waals surface area (Å²) in [6.45, 7) is 1.78. The highest BCUT2D eigenvalue weighted by Gasteiger charge is 2.24. The van der Waals surface area contributed by atoms with Crippen LogP contribution in [0.5, 0.6) is 11.5 Å². The molecule has 0 radical (unpaired) electrons. The van der Waals surface area contributed by atoms with Gasteiger partial charge >= 0.3 is 5.97 Å². The van der Waals surface area contributed by atoms with Gasteiger partial charge in [-0.1, -0.05) is 12.1 Å². The van der Waals surface area contributed by atoms with Gasteiger partial charge in [-0.05, 0) is 36.6 Å². The Hall–Kier alpha value is -2.94. The maximum Gasteiger partial charge on any atom is 0.337 e. The molecule has 0 saturated carbocycles. The third kappa shape index (κ3) is 6.04. The Morgan fingerprint density at radius 1 is 0.871 bits per heavy atom. The van der Waals surface area contributed by atoms with Crippen molar-refractivity contribution < 1.29 is 38.0 Å². The predicted octanol–water partition coefficient (Wildman–Crippen LogP) is 3.50. The fourth-order valence-corrected chi connectivity index (χ4v) is 3.23. The summed E-state index contributed by atoms with van der Waals surface area (Å²) < 4.78 is 31.7. The van der Waals surface area contributed by atoms with E-state index >= 15 is 0 Å². The maximum absolute atomic E-state index is 12.6. The highest BCUT2D eigenvalue weighted by molar-refractivity contribution is 6.01. The maximum atomic E-state index is 12.6. The quantitative estimate of drug-likeness (QED) is 0.286. The molecule has 0 bridgehead atoms. The lowest BCUT2D eigenvalue weighted by atomic mass is 9.89. The van der Waals surface area contributed by atoms with Crippen molar-refractivity contribution in [3.8, 4) is 22.6 Å². The molecule has 8 nitrogen and oxygen atoms in total. The van der Waals surface area contributed by atoms with Gasteiger partial charge in [0.25, 0.3) is 0 Å². The lowest BCUT2D eigenvalue weighted by molar-refractivity contribution is 0.0456. The van der Waals surface area contributed by atoms with Gasteiger partial charge in [0, 0.05) is 33.0 Å². The van der Waals surface area contributed by atoms with Crippen molar-refractivity contribution in [1.82, 2.24) is 0 Å². The van der Waals surface area contributed by atoms with E-state index in [1.807, 2.05) is 6.07 Å². The Labute approximate surface area is 182 Å². The largest absolute Gasteiger partial charge is 0.467 e. The van der Waals surface area contributed by atoms with Crippen LogP contribution in [0.25, 0.3) is 11.1 Å². The molecule has 2 aromatic carbocycles. The van der Waals surface area contributed by atoms with Gasteiger partial charge in [-0.2, -0.15) is 0 Å². The van der Waals surface area contributed by atoms with Crippen molar-refractivity contribution in [2.75, 3.05) is 48.6 Å². The normalized spacial score (nSPS) is 10.6. The van der Waals surface area contributed by atoms with E-state index in [1.54, 1.807) is 31.4 Å². The molecule has 0 aliphatic carbocycles. The molecule has 0 amide bonds. The van der Waals surface area contributed by atoms with Crippen LogP contribution in [-0.4, -0.2) is 60.4 Å². The zero-order valence-electron chi connectivity index (χ0n) is 18.5. The fraction of sp³-hybridized carbons (Fsp3) is 0.391. The highest BCUT2D eigenvalue weighted by Crippen LogP contribution is 2.41.